The van der Waals surface area contributed by atoms with E-state index in [1.54, 1.807) is 17.0 Å². The quantitative estimate of drug-likeness (QED) is 0.781. The van der Waals surface area contributed by atoms with Crippen LogP contribution in [0.4, 0.5) is 0 Å². The van der Waals surface area contributed by atoms with Gasteiger partial charge in [-0.3, -0.25) is 4.79 Å². The fourth-order valence-corrected chi connectivity index (χ4v) is 1.88. The van der Waals surface area contributed by atoms with Crippen LogP contribution >= 0.6 is 11.5 Å². The first kappa shape index (κ1) is 11.5. The number of carboxylic acid groups (broad SMARTS) is 1. The molecule has 2 aromatic rings. The van der Waals surface area contributed by atoms with Crippen molar-refractivity contribution in [1.29, 1.82) is 0 Å². The van der Waals surface area contributed by atoms with E-state index in [2.05, 4.69) is 9.36 Å². The predicted octanol–water partition coefficient (Wildman–Crippen LogP) is 0.673. The lowest BCUT2D eigenvalue weighted by Gasteiger charge is -1.95. The first-order valence-corrected chi connectivity index (χ1v) is 5.66. The van der Waals surface area contributed by atoms with Gasteiger partial charge < -0.3 is 10.2 Å². The van der Waals surface area contributed by atoms with Crippen LogP contribution in [-0.2, 0) is 11.3 Å². The van der Waals surface area contributed by atoms with Crippen LogP contribution in [0.25, 0.3) is 10.6 Å². The second-order valence-corrected chi connectivity index (χ2v) is 4.12. The third kappa shape index (κ3) is 2.97. The predicted molar refractivity (Wildman–Crippen MR) is 59.5 cm³/mol. The maximum atomic E-state index is 10.4. The normalized spacial score (nSPS) is 10.4. The van der Waals surface area contributed by atoms with Gasteiger partial charge in [0.1, 0.15) is 11.4 Å². The number of hydrogen-bond acceptors (Lipinski definition) is 5. The van der Waals surface area contributed by atoms with Crippen molar-refractivity contribution in [3.63, 3.8) is 0 Å². The minimum atomic E-state index is -0.823. The molecular weight excluding hydrogens is 242 g/mol. The first-order chi connectivity index (χ1) is 8.15. The largest absolute Gasteiger partial charge is 0.481 e. The summed E-state index contributed by atoms with van der Waals surface area (Å²) in [5, 5.41) is 18.2. The molecule has 0 aliphatic rings. The Kier molecular flexibility index (Phi) is 3.29. The van der Waals surface area contributed by atoms with Gasteiger partial charge in [0.25, 0.3) is 0 Å². The average Bonchev–Trinajstić information content (AvgIpc) is 2.74. The molecule has 0 aromatic carbocycles. The Morgan fingerprint density at radius 3 is 2.65 bits per heavy atom. The molecule has 0 unspecified atom stereocenters. The lowest BCUT2D eigenvalue weighted by molar-refractivity contribution is -0.695. The van der Waals surface area contributed by atoms with Crippen LogP contribution in [0.2, 0.25) is 0 Å². The fraction of sp³-hybridized carbons (Fsp3) is 0.200. The average molecular weight is 252 g/mol. The van der Waals surface area contributed by atoms with Crippen molar-refractivity contribution in [3.05, 3.63) is 24.5 Å². The highest BCUT2D eigenvalue weighted by Gasteiger charge is 2.08. The van der Waals surface area contributed by atoms with Crippen LogP contribution in [-0.4, -0.2) is 25.5 Å². The summed E-state index contributed by atoms with van der Waals surface area (Å²) in [4.78, 5) is 14.3. The molecule has 6 nitrogen and oxygen atoms in total. The van der Waals surface area contributed by atoms with Crippen molar-refractivity contribution in [2.24, 2.45) is 0 Å². The Morgan fingerprint density at radius 1 is 1.41 bits per heavy atom. The number of pyridine rings is 1. The molecule has 0 radical (unpaired) electrons. The Hall–Kier alpha value is -2.02. The fourth-order valence-electron chi connectivity index (χ4n) is 1.31. The SMILES string of the molecule is O=C(O)CC[n+]1ccc(-c2nc(O)ns2)cc1. The molecule has 0 saturated carbocycles. The van der Waals surface area contributed by atoms with Crippen molar-refractivity contribution in [2.75, 3.05) is 0 Å². The van der Waals surface area contributed by atoms with Crippen molar-refractivity contribution in [3.8, 4) is 16.6 Å². The van der Waals surface area contributed by atoms with Crippen molar-refractivity contribution in [1.82, 2.24) is 9.36 Å². The minimum absolute atomic E-state index is 0.0869. The number of aliphatic carboxylic acids is 1. The lowest BCUT2D eigenvalue weighted by Crippen LogP contribution is -2.33. The van der Waals surface area contributed by atoms with Crippen LogP contribution in [0.5, 0.6) is 6.01 Å². The number of aryl methyl sites for hydroxylation is 1. The molecule has 0 fully saturated rings. The maximum Gasteiger partial charge on any atom is 0.326 e. The third-order valence-corrected chi connectivity index (χ3v) is 2.89. The number of rotatable bonds is 4. The second-order valence-electron chi connectivity index (χ2n) is 3.37. The van der Waals surface area contributed by atoms with Gasteiger partial charge in [-0.1, -0.05) is 0 Å². The molecule has 0 saturated heterocycles. The first-order valence-electron chi connectivity index (χ1n) is 4.89. The van der Waals surface area contributed by atoms with E-state index in [4.69, 9.17) is 10.2 Å². The van der Waals surface area contributed by atoms with Gasteiger partial charge in [0, 0.05) is 17.7 Å². The summed E-state index contributed by atoms with van der Waals surface area (Å²) in [6, 6.07) is 3.39. The number of hydrogen-bond donors (Lipinski definition) is 2. The summed E-state index contributed by atoms with van der Waals surface area (Å²) in [6.45, 7) is 0.428. The highest BCUT2D eigenvalue weighted by molar-refractivity contribution is 7.09. The van der Waals surface area contributed by atoms with E-state index in [1.807, 2.05) is 12.1 Å². The molecular formula is C10H10N3O3S+. The van der Waals surface area contributed by atoms with Gasteiger partial charge in [0.15, 0.2) is 18.9 Å². The Balaban J connectivity index is 2.10. The number of carbonyl (C=O) groups is 1. The number of nitrogens with zero attached hydrogens (tertiary/aromatic N) is 3. The number of aromatic nitrogens is 3. The van der Waals surface area contributed by atoms with E-state index >= 15 is 0 Å². The molecule has 0 spiro atoms. The monoisotopic (exact) mass is 252 g/mol. The lowest BCUT2D eigenvalue weighted by atomic mass is 10.3. The smallest absolute Gasteiger partial charge is 0.326 e. The second kappa shape index (κ2) is 4.88. The summed E-state index contributed by atoms with van der Waals surface area (Å²) in [7, 11) is 0. The van der Waals surface area contributed by atoms with Crippen molar-refractivity contribution < 1.29 is 19.6 Å². The minimum Gasteiger partial charge on any atom is -0.481 e. The molecule has 17 heavy (non-hydrogen) atoms. The van der Waals surface area contributed by atoms with Crippen LogP contribution < -0.4 is 4.57 Å². The topological polar surface area (TPSA) is 87.2 Å². The van der Waals surface area contributed by atoms with Gasteiger partial charge in [0.05, 0.1) is 0 Å². The summed E-state index contributed by atoms with van der Waals surface area (Å²) >= 11 is 1.11. The number of carboxylic acids is 1. The van der Waals surface area contributed by atoms with E-state index in [0.29, 0.717) is 11.6 Å². The molecule has 2 rings (SSSR count). The summed E-state index contributed by atoms with van der Waals surface area (Å²) in [5.74, 6) is -0.823. The van der Waals surface area contributed by atoms with Crippen LogP contribution in [0.15, 0.2) is 24.5 Å². The van der Waals surface area contributed by atoms with E-state index in [1.165, 1.54) is 0 Å². The van der Waals surface area contributed by atoms with Gasteiger partial charge in [-0.05, 0) is 11.5 Å². The third-order valence-electron chi connectivity index (χ3n) is 2.14. The molecule has 2 heterocycles. The van der Waals surface area contributed by atoms with E-state index in [0.717, 1.165) is 17.1 Å². The summed E-state index contributed by atoms with van der Waals surface area (Å²) < 4.78 is 5.45. The van der Waals surface area contributed by atoms with E-state index < -0.39 is 5.97 Å². The zero-order valence-electron chi connectivity index (χ0n) is 8.78. The molecule has 88 valence electrons. The summed E-state index contributed by atoms with van der Waals surface area (Å²) in [5.41, 5.74) is 0.842. The summed E-state index contributed by atoms with van der Waals surface area (Å²) in [6.07, 6.45) is 3.64. The van der Waals surface area contributed by atoms with Crippen molar-refractivity contribution >= 4 is 17.5 Å². The van der Waals surface area contributed by atoms with Gasteiger partial charge in [-0.15, -0.1) is 4.37 Å². The zero-order chi connectivity index (χ0) is 12.3. The molecule has 0 bridgehead atoms. The highest BCUT2D eigenvalue weighted by Crippen LogP contribution is 2.21. The van der Waals surface area contributed by atoms with Crippen LogP contribution in [0, 0.1) is 0 Å². The Bertz CT molecular complexity index is 524. The highest BCUT2D eigenvalue weighted by atomic mass is 32.1. The molecule has 0 aliphatic heterocycles. The van der Waals surface area contributed by atoms with Crippen LogP contribution in [0.3, 0.4) is 0 Å². The zero-order valence-corrected chi connectivity index (χ0v) is 9.59. The van der Waals surface area contributed by atoms with Gasteiger partial charge in [-0.25, -0.2) is 4.57 Å². The van der Waals surface area contributed by atoms with Gasteiger partial charge >= 0.3 is 12.0 Å². The maximum absolute atomic E-state index is 10.4. The molecule has 0 atom stereocenters. The van der Waals surface area contributed by atoms with Gasteiger partial charge in [0.2, 0.25) is 0 Å². The molecule has 2 N–H and O–H groups in total. The Morgan fingerprint density at radius 2 is 2.12 bits per heavy atom. The van der Waals surface area contributed by atoms with E-state index in [9.17, 15) is 4.79 Å². The number of aromatic hydroxyl groups is 1. The van der Waals surface area contributed by atoms with Gasteiger partial charge in [-0.2, -0.15) is 4.98 Å². The molecule has 7 heteroatoms. The van der Waals surface area contributed by atoms with E-state index in [-0.39, 0.29) is 12.4 Å². The molecule has 2 aromatic heterocycles. The van der Waals surface area contributed by atoms with Crippen LogP contribution in [0.1, 0.15) is 6.42 Å². The molecule has 0 amide bonds. The Labute approximate surface area is 101 Å². The van der Waals surface area contributed by atoms with Crippen molar-refractivity contribution in [2.45, 2.75) is 13.0 Å². The standard InChI is InChI=1S/C10H9N3O3S/c14-8(15)3-6-13-4-1-7(2-5-13)9-11-10(16)12-17-9/h1-2,4-5H,3,6H2,(H-,12,14,15,16)/p+1. The molecule has 0 aliphatic carbocycles.